The van der Waals surface area contributed by atoms with Crippen LogP contribution < -0.4 is 11.1 Å². The summed E-state index contributed by atoms with van der Waals surface area (Å²) in [7, 11) is 0. The predicted molar refractivity (Wildman–Crippen MR) is 52.3 cm³/mol. The van der Waals surface area contributed by atoms with Gasteiger partial charge in [0.25, 0.3) is 5.91 Å². The highest BCUT2D eigenvalue weighted by Crippen LogP contribution is 2.07. The van der Waals surface area contributed by atoms with Crippen molar-refractivity contribution < 1.29 is 4.79 Å². The van der Waals surface area contributed by atoms with Crippen LogP contribution in [0.4, 0.5) is 0 Å². The topological polar surface area (TPSA) is 78.9 Å². The summed E-state index contributed by atoms with van der Waals surface area (Å²) in [6, 6.07) is 8.91. The smallest absolute Gasteiger partial charge is 0.252 e. The van der Waals surface area contributed by atoms with E-state index in [0.29, 0.717) is 12.1 Å². The molecule has 3 N–H and O–H groups in total. The minimum Gasteiger partial charge on any atom is -0.339 e. The third kappa shape index (κ3) is 2.31. The van der Waals surface area contributed by atoms with Gasteiger partial charge in [0.1, 0.15) is 6.54 Å². The van der Waals surface area contributed by atoms with Crippen LogP contribution in [-0.2, 0) is 6.54 Å². The Labute approximate surface area is 82.3 Å². The maximum Gasteiger partial charge on any atom is 0.252 e. The lowest BCUT2D eigenvalue weighted by atomic mass is 10.1. The van der Waals surface area contributed by atoms with Gasteiger partial charge < -0.3 is 11.1 Å². The second kappa shape index (κ2) is 5.00. The summed E-state index contributed by atoms with van der Waals surface area (Å²) in [4.78, 5) is 11.5. The Morgan fingerprint density at radius 1 is 1.50 bits per heavy atom. The van der Waals surface area contributed by atoms with Gasteiger partial charge in [-0.3, -0.25) is 4.79 Å². The largest absolute Gasteiger partial charge is 0.339 e. The fourth-order valence-electron chi connectivity index (χ4n) is 1.13. The molecule has 0 heterocycles. The van der Waals surface area contributed by atoms with E-state index in [1.54, 1.807) is 18.2 Å². The molecule has 1 amide bonds. The van der Waals surface area contributed by atoms with Crippen LogP contribution in [0.2, 0.25) is 0 Å². The minimum atomic E-state index is -0.257. The predicted octanol–water partition coefficient (Wildman–Crippen LogP) is 0.399. The molecule has 0 spiro atoms. The van der Waals surface area contributed by atoms with Gasteiger partial charge >= 0.3 is 0 Å². The number of nitriles is 1. The van der Waals surface area contributed by atoms with Crippen molar-refractivity contribution in [2.75, 3.05) is 6.54 Å². The molecule has 1 aromatic rings. The lowest BCUT2D eigenvalue weighted by molar-refractivity contribution is 0.0957. The SMILES string of the molecule is N#CCNC(=O)c1ccccc1CN. The number of amides is 1. The molecule has 4 nitrogen and oxygen atoms in total. The van der Waals surface area contributed by atoms with Gasteiger partial charge in [0.2, 0.25) is 0 Å². The first-order valence-corrected chi connectivity index (χ1v) is 4.22. The van der Waals surface area contributed by atoms with Crippen molar-refractivity contribution in [1.82, 2.24) is 5.32 Å². The van der Waals surface area contributed by atoms with E-state index in [0.717, 1.165) is 5.56 Å². The number of nitrogens with zero attached hydrogens (tertiary/aromatic N) is 1. The molecule has 0 fully saturated rings. The summed E-state index contributed by atoms with van der Waals surface area (Å²) in [5.41, 5.74) is 6.79. The van der Waals surface area contributed by atoms with E-state index in [-0.39, 0.29) is 12.5 Å². The van der Waals surface area contributed by atoms with Crippen molar-refractivity contribution >= 4 is 5.91 Å². The van der Waals surface area contributed by atoms with Crippen molar-refractivity contribution in [1.29, 1.82) is 5.26 Å². The Hall–Kier alpha value is -1.86. The molecule has 1 rings (SSSR count). The Morgan fingerprint density at radius 3 is 2.86 bits per heavy atom. The van der Waals surface area contributed by atoms with E-state index in [4.69, 9.17) is 11.0 Å². The zero-order chi connectivity index (χ0) is 10.4. The van der Waals surface area contributed by atoms with Gasteiger partial charge in [-0.05, 0) is 11.6 Å². The number of nitrogens with two attached hydrogens (primary N) is 1. The molecule has 0 aliphatic rings. The zero-order valence-electron chi connectivity index (χ0n) is 7.66. The summed E-state index contributed by atoms with van der Waals surface area (Å²) in [6.45, 7) is 0.327. The quantitative estimate of drug-likeness (QED) is 0.675. The van der Waals surface area contributed by atoms with Crippen LogP contribution in [0.1, 0.15) is 15.9 Å². The molecule has 0 saturated heterocycles. The third-order valence-electron chi connectivity index (χ3n) is 1.81. The average Bonchev–Trinajstić information content (AvgIpc) is 2.25. The van der Waals surface area contributed by atoms with Gasteiger partial charge in [0, 0.05) is 12.1 Å². The Balaban J connectivity index is 2.84. The van der Waals surface area contributed by atoms with Crippen LogP contribution in [-0.4, -0.2) is 12.5 Å². The Morgan fingerprint density at radius 2 is 2.21 bits per heavy atom. The molecule has 0 unspecified atom stereocenters. The maximum absolute atomic E-state index is 11.5. The number of nitrogens with one attached hydrogen (secondary N) is 1. The molecule has 0 aliphatic heterocycles. The summed E-state index contributed by atoms with van der Waals surface area (Å²) in [6.07, 6.45) is 0. The number of rotatable bonds is 3. The van der Waals surface area contributed by atoms with Crippen LogP contribution in [0.25, 0.3) is 0 Å². The molecule has 0 aliphatic carbocycles. The molecule has 0 saturated carbocycles. The Bertz CT molecular complexity index is 368. The van der Waals surface area contributed by atoms with Crippen LogP contribution in [0.15, 0.2) is 24.3 Å². The van der Waals surface area contributed by atoms with Crippen molar-refractivity contribution in [3.05, 3.63) is 35.4 Å². The van der Waals surface area contributed by atoms with Crippen LogP contribution in [0.5, 0.6) is 0 Å². The van der Waals surface area contributed by atoms with Gasteiger partial charge in [-0.2, -0.15) is 5.26 Å². The standard InChI is InChI=1S/C10H11N3O/c11-5-6-13-10(14)9-4-2-1-3-8(9)7-12/h1-4H,6-7,12H2,(H,13,14). The molecule has 72 valence electrons. The molecule has 1 aromatic carbocycles. The van der Waals surface area contributed by atoms with Crippen molar-refractivity contribution in [3.8, 4) is 6.07 Å². The molecule has 0 atom stereocenters. The van der Waals surface area contributed by atoms with Crippen molar-refractivity contribution in [2.45, 2.75) is 6.54 Å². The lowest BCUT2D eigenvalue weighted by Gasteiger charge is -2.05. The summed E-state index contributed by atoms with van der Waals surface area (Å²) in [5, 5.41) is 10.8. The molecule has 4 heteroatoms. The number of carbonyl (C=O) groups is 1. The third-order valence-corrected chi connectivity index (χ3v) is 1.81. The molecule has 0 aromatic heterocycles. The fraction of sp³-hybridized carbons (Fsp3) is 0.200. The van der Waals surface area contributed by atoms with E-state index in [1.807, 2.05) is 12.1 Å². The normalized spacial score (nSPS) is 9.14. The van der Waals surface area contributed by atoms with E-state index in [2.05, 4.69) is 5.32 Å². The summed E-state index contributed by atoms with van der Waals surface area (Å²) < 4.78 is 0. The minimum absolute atomic E-state index is 0.0116. The number of carbonyl (C=O) groups excluding carboxylic acids is 1. The summed E-state index contributed by atoms with van der Waals surface area (Å²) >= 11 is 0. The number of hydrogen-bond acceptors (Lipinski definition) is 3. The second-order valence-electron chi connectivity index (χ2n) is 2.70. The van der Waals surface area contributed by atoms with Crippen molar-refractivity contribution in [2.24, 2.45) is 5.73 Å². The first-order valence-electron chi connectivity index (χ1n) is 4.22. The molecule has 14 heavy (non-hydrogen) atoms. The van der Waals surface area contributed by atoms with Gasteiger partial charge in [-0.15, -0.1) is 0 Å². The maximum atomic E-state index is 11.5. The van der Waals surface area contributed by atoms with Crippen LogP contribution in [0, 0.1) is 11.3 Å². The Kier molecular flexibility index (Phi) is 3.65. The highest BCUT2D eigenvalue weighted by Gasteiger charge is 2.08. The van der Waals surface area contributed by atoms with E-state index >= 15 is 0 Å². The average molecular weight is 189 g/mol. The first kappa shape index (κ1) is 10.2. The van der Waals surface area contributed by atoms with Crippen LogP contribution in [0.3, 0.4) is 0 Å². The molecule has 0 bridgehead atoms. The lowest BCUT2D eigenvalue weighted by Crippen LogP contribution is -2.25. The van der Waals surface area contributed by atoms with Crippen LogP contribution >= 0.6 is 0 Å². The van der Waals surface area contributed by atoms with Crippen molar-refractivity contribution in [3.63, 3.8) is 0 Å². The molecule has 0 radical (unpaired) electrons. The van der Waals surface area contributed by atoms with Gasteiger partial charge in [0.05, 0.1) is 6.07 Å². The molecular formula is C10H11N3O. The summed E-state index contributed by atoms with van der Waals surface area (Å²) in [5.74, 6) is -0.257. The zero-order valence-corrected chi connectivity index (χ0v) is 7.66. The van der Waals surface area contributed by atoms with Gasteiger partial charge in [-0.1, -0.05) is 18.2 Å². The van der Waals surface area contributed by atoms with Gasteiger partial charge in [-0.25, -0.2) is 0 Å². The second-order valence-corrected chi connectivity index (χ2v) is 2.70. The van der Waals surface area contributed by atoms with E-state index < -0.39 is 0 Å². The number of benzene rings is 1. The fourth-order valence-corrected chi connectivity index (χ4v) is 1.13. The van der Waals surface area contributed by atoms with Gasteiger partial charge in [0.15, 0.2) is 0 Å². The highest BCUT2D eigenvalue weighted by molar-refractivity contribution is 5.95. The first-order chi connectivity index (χ1) is 6.79. The molecular weight excluding hydrogens is 178 g/mol. The van der Waals surface area contributed by atoms with E-state index in [9.17, 15) is 4.79 Å². The van der Waals surface area contributed by atoms with E-state index in [1.165, 1.54) is 0 Å². The highest BCUT2D eigenvalue weighted by atomic mass is 16.1. The monoisotopic (exact) mass is 189 g/mol. The number of hydrogen-bond donors (Lipinski definition) is 2.